The van der Waals surface area contributed by atoms with Gasteiger partial charge in [0.15, 0.2) is 6.61 Å². The summed E-state index contributed by atoms with van der Waals surface area (Å²) in [6.07, 6.45) is 1.42. The Balaban J connectivity index is 1.79. The van der Waals surface area contributed by atoms with Crippen molar-refractivity contribution in [2.45, 2.75) is 27.3 Å². The Morgan fingerprint density at radius 2 is 1.83 bits per heavy atom. The molecule has 1 N–H and O–H groups in total. The first kappa shape index (κ1) is 22.2. The van der Waals surface area contributed by atoms with Crippen LogP contribution in [0.1, 0.15) is 28.5 Å². The van der Waals surface area contributed by atoms with E-state index < -0.39 is 23.9 Å². The fourth-order valence-corrected chi connectivity index (χ4v) is 4.56. The maximum atomic E-state index is 12.7. The highest BCUT2D eigenvalue weighted by Gasteiger charge is 2.19. The predicted octanol–water partition coefficient (Wildman–Crippen LogP) is 4.35. The summed E-state index contributed by atoms with van der Waals surface area (Å²) in [5.74, 6) is -1.38. The molecule has 0 spiro atoms. The molecular formula is C21H19Br2N3O4. The third-order valence-electron chi connectivity index (χ3n) is 4.41. The predicted molar refractivity (Wildman–Crippen MR) is 122 cm³/mol. The SMILES string of the molecule is CCn1cc(C(=O)OCC(=O)Nc2c(Br)cc(C)cc2Br)c(=O)c2ccc(C)nc21. The molecule has 1 aromatic carbocycles. The Kier molecular flexibility index (Phi) is 6.72. The number of hydrogen-bond donors (Lipinski definition) is 1. The maximum absolute atomic E-state index is 12.7. The van der Waals surface area contributed by atoms with E-state index in [0.29, 0.717) is 32.2 Å². The van der Waals surface area contributed by atoms with Gasteiger partial charge in [-0.25, -0.2) is 9.78 Å². The summed E-state index contributed by atoms with van der Waals surface area (Å²) < 4.78 is 8.20. The molecule has 0 aliphatic rings. The zero-order valence-electron chi connectivity index (χ0n) is 16.6. The standard InChI is InChI=1S/C21H19Br2N3O4/c1-4-26-9-14(19(28)13-6-5-12(3)24-20(13)26)21(29)30-10-17(27)25-18-15(22)7-11(2)8-16(18)23/h5-9H,4,10H2,1-3H3,(H,25,27). The molecule has 2 heterocycles. The number of carbonyl (C=O) groups excluding carboxylic acids is 2. The van der Waals surface area contributed by atoms with Crippen LogP contribution in [0.5, 0.6) is 0 Å². The normalized spacial score (nSPS) is 10.8. The lowest BCUT2D eigenvalue weighted by molar-refractivity contribution is -0.119. The van der Waals surface area contributed by atoms with Crippen LogP contribution >= 0.6 is 31.9 Å². The molecule has 1 amide bonds. The van der Waals surface area contributed by atoms with Gasteiger partial charge >= 0.3 is 5.97 Å². The van der Waals surface area contributed by atoms with Crippen molar-refractivity contribution >= 4 is 60.5 Å². The topological polar surface area (TPSA) is 90.3 Å². The number of nitrogens with one attached hydrogen (secondary N) is 1. The lowest BCUT2D eigenvalue weighted by Crippen LogP contribution is -2.25. The Morgan fingerprint density at radius 1 is 1.17 bits per heavy atom. The molecule has 9 heteroatoms. The number of aromatic nitrogens is 2. The molecule has 0 fully saturated rings. The van der Waals surface area contributed by atoms with E-state index in [4.69, 9.17) is 4.74 Å². The van der Waals surface area contributed by atoms with E-state index in [1.165, 1.54) is 6.20 Å². The van der Waals surface area contributed by atoms with Crippen molar-refractivity contribution in [2.75, 3.05) is 11.9 Å². The quantitative estimate of drug-likeness (QED) is 0.489. The van der Waals surface area contributed by atoms with Gasteiger partial charge in [-0.15, -0.1) is 0 Å². The number of ether oxygens (including phenoxy) is 1. The van der Waals surface area contributed by atoms with E-state index in [2.05, 4.69) is 42.2 Å². The van der Waals surface area contributed by atoms with E-state index in [0.717, 1.165) is 11.3 Å². The molecule has 3 rings (SSSR count). The summed E-state index contributed by atoms with van der Waals surface area (Å²) in [5.41, 5.74) is 2.20. The smallest absolute Gasteiger partial charge is 0.344 e. The number of fused-ring (bicyclic) bond motifs is 1. The molecule has 30 heavy (non-hydrogen) atoms. The molecule has 0 saturated heterocycles. The van der Waals surface area contributed by atoms with Crippen LogP contribution in [-0.4, -0.2) is 28.0 Å². The molecule has 0 radical (unpaired) electrons. The van der Waals surface area contributed by atoms with E-state index in [9.17, 15) is 14.4 Å². The molecule has 7 nitrogen and oxygen atoms in total. The largest absolute Gasteiger partial charge is 0.452 e. The Bertz CT molecular complexity index is 1200. The molecule has 0 aliphatic carbocycles. The summed E-state index contributed by atoms with van der Waals surface area (Å²) in [5, 5.41) is 3.01. The van der Waals surface area contributed by atoms with Gasteiger partial charge in [0, 0.05) is 27.4 Å². The Morgan fingerprint density at radius 3 is 2.47 bits per heavy atom. The van der Waals surface area contributed by atoms with E-state index in [1.54, 1.807) is 16.7 Å². The summed E-state index contributed by atoms with van der Waals surface area (Å²) in [4.78, 5) is 41.9. The number of pyridine rings is 2. The number of carbonyl (C=O) groups is 2. The molecular weight excluding hydrogens is 518 g/mol. The van der Waals surface area contributed by atoms with E-state index in [-0.39, 0.29) is 5.56 Å². The minimum absolute atomic E-state index is 0.138. The van der Waals surface area contributed by atoms with E-state index in [1.807, 2.05) is 32.9 Å². The number of aryl methyl sites for hydroxylation is 3. The molecule has 3 aromatic rings. The van der Waals surface area contributed by atoms with Crippen LogP contribution in [0.2, 0.25) is 0 Å². The van der Waals surface area contributed by atoms with Gasteiger partial charge in [0.05, 0.1) is 11.1 Å². The number of esters is 1. The van der Waals surface area contributed by atoms with Gasteiger partial charge < -0.3 is 14.6 Å². The minimum Gasteiger partial charge on any atom is -0.452 e. The highest BCUT2D eigenvalue weighted by atomic mass is 79.9. The zero-order valence-corrected chi connectivity index (χ0v) is 19.8. The molecule has 0 unspecified atom stereocenters. The lowest BCUT2D eigenvalue weighted by atomic mass is 10.2. The second kappa shape index (κ2) is 9.09. The average molecular weight is 537 g/mol. The van der Waals surface area contributed by atoms with Gasteiger partial charge in [-0.3, -0.25) is 9.59 Å². The highest BCUT2D eigenvalue weighted by molar-refractivity contribution is 9.11. The fraction of sp³-hybridized carbons (Fsp3) is 0.238. The van der Waals surface area contributed by atoms with Crippen LogP contribution in [0.4, 0.5) is 5.69 Å². The third-order valence-corrected chi connectivity index (χ3v) is 5.66. The third kappa shape index (κ3) is 4.62. The second-order valence-corrected chi connectivity index (χ2v) is 8.42. The maximum Gasteiger partial charge on any atom is 0.344 e. The van der Waals surface area contributed by atoms with Gasteiger partial charge in [-0.1, -0.05) is 0 Å². The van der Waals surface area contributed by atoms with Crippen molar-refractivity contribution < 1.29 is 14.3 Å². The van der Waals surface area contributed by atoms with Crippen molar-refractivity contribution in [3.8, 4) is 0 Å². The molecule has 0 atom stereocenters. The second-order valence-electron chi connectivity index (χ2n) is 6.71. The number of anilines is 1. The molecule has 0 bridgehead atoms. The fourth-order valence-electron chi connectivity index (χ4n) is 2.95. The van der Waals surface area contributed by atoms with Crippen LogP contribution in [0, 0.1) is 13.8 Å². The number of rotatable bonds is 5. The number of halogens is 2. The van der Waals surface area contributed by atoms with Gasteiger partial charge in [0.25, 0.3) is 5.91 Å². The highest BCUT2D eigenvalue weighted by Crippen LogP contribution is 2.32. The van der Waals surface area contributed by atoms with E-state index >= 15 is 0 Å². The Labute approximate surface area is 189 Å². The average Bonchev–Trinajstić information content (AvgIpc) is 2.69. The first-order valence-corrected chi connectivity index (χ1v) is 10.7. The summed E-state index contributed by atoms with van der Waals surface area (Å²) in [6, 6.07) is 7.06. The number of hydrogen-bond acceptors (Lipinski definition) is 5. The molecule has 2 aromatic heterocycles. The van der Waals surface area contributed by atoms with Gasteiger partial charge in [0.1, 0.15) is 11.2 Å². The molecule has 156 valence electrons. The van der Waals surface area contributed by atoms with Gasteiger partial charge in [0.2, 0.25) is 5.43 Å². The van der Waals surface area contributed by atoms with Crippen molar-refractivity contribution in [1.29, 1.82) is 0 Å². The van der Waals surface area contributed by atoms with Crippen molar-refractivity contribution in [2.24, 2.45) is 0 Å². The monoisotopic (exact) mass is 535 g/mol. The van der Waals surface area contributed by atoms with Crippen molar-refractivity contribution in [1.82, 2.24) is 9.55 Å². The number of nitrogens with zero attached hydrogens (tertiary/aromatic N) is 2. The van der Waals surface area contributed by atoms with Gasteiger partial charge in [-0.05, 0) is 82.5 Å². The van der Waals surface area contributed by atoms with Crippen LogP contribution in [0.15, 0.2) is 44.2 Å². The molecule has 0 saturated carbocycles. The number of amides is 1. The van der Waals surface area contributed by atoms with Crippen LogP contribution in [-0.2, 0) is 16.1 Å². The summed E-state index contributed by atoms with van der Waals surface area (Å²) in [7, 11) is 0. The van der Waals surface area contributed by atoms with Crippen molar-refractivity contribution in [3.05, 3.63) is 66.5 Å². The lowest BCUT2D eigenvalue weighted by Gasteiger charge is -2.12. The van der Waals surface area contributed by atoms with Crippen LogP contribution < -0.4 is 10.7 Å². The zero-order chi connectivity index (χ0) is 22.0. The van der Waals surface area contributed by atoms with Crippen molar-refractivity contribution in [3.63, 3.8) is 0 Å². The van der Waals surface area contributed by atoms with Crippen LogP contribution in [0.25, 0.3) is 11.0 Å². The summed E-state index contributed by atoms with van der Waals surface area (Å²) in [6.45, 7) is 5.63. The summed E-state index contributed by atoms with van der Waals surface area (Å²) >= 11 is 6.79. The minimum atomic E-state index is -0.859. The first-order chi connectivity index (χ1) is 14.2. The van der Waals surface area contributed by atoms with Gasteiger partial charge in [-0.2, -0.15) is 0 Å². The van der Waals surface area contributed by atoms with Crippen LogP contribution in [0.3, 0.4) is 0 Å². The first-order valence-electron chi connectivity index (χ1n) is 9.14. The number of benzene rings is 1. The Hall–Kier alpha value is -2.52. The molecule has 0 aliphatic heterocycles.